The minimum atomic E-state index is -0.138. The molecule has 258 valence electrons. The summed E-state index contributed by atoms with van der Waals surface area (Å²) in [4.78, 5) is 54.5. The summed E-state index contributed by atoms with van der Waals surface area (Å²) in [6.45, 7) is 18.3. The van der Waals surface area contributed by atoms with Crippen LogP contribution in [-0.2, 0) is 38.1 Å². The quantitative estimate of drug-likeness (QED) is 0.122. The van der Waals surface area contributed by atoms with Crippen LogP contribution >= 0.6 is 0 Å². The van der Waals surface area contributed by atoms with Crippen molar-refractivity contribution in [3.8, 4) is 0 Å². The summed E-state index contributed by atoms with van der Waals surface area (Å²) in [5, 5.41) is 0. The molecule has 0 bridgehead atoms. The van der Waals surface area contributed by atoms with E-state index < -0.39 is 0 Å². The van der Waals surface area contributed by atoms with Gasteiger partial charge >= 0.3 is 23.9 Å². The monoisotopic (exact) mass is 630 g/mol. The molecule has 0 spiro atoms. The van der Waals surface area contributed by atoms with E-state index in [4.69, 9.17) is 18.9 Å². The van der Waals surface area contributed by atoms with Gasteiger partial charge in [0.15, 0.2) is 0 Å². The lowest BCUT2D eigenvalue weighted by molar-refractivity contribution is -0.145. The number of nitrogens with zero attached hydrogens (tertiary/aromatic N) is 4. The van der Waals surface area contributed by atoms with Crippen LogP contribution in [0, 0.1) is 0 Å². The van der Waals surface area contributed by atoms with E-state index >= 15 is 0 Å². The maximum Gasteiger partial charge on any atom is 0.307 e. The molecule has 0 N–H and O–H groups in total. The highest BCUT2D eigenvalue weighted by molar-refractivity contribution is 5.70. The molecule has 1 saturated heterocycles. The van der Waals surface area contributed by atoms with Gasteiger partial charge in [0, 0.05) is 65.4 Å². The number of carbonyl (C=O) groups excluding carboxylic acids is 4. The Morgan fingerprint density at radius 3 is 1.02 bits per heavy atom. The molecule has 12 nitrogen and oxygen atoms in total. The third kappa shape index (κ3) is 25.1. The summed E-state index contributed by atoms with van der Waals surface area (Å²) in [5.41, 5.74) is 0. The molecule has 0 atom stereocenters. The van der Waals surface area contributed by atoms with Crippen molar-refractivity contribution in [3.63, 3.8) is 0 Å². The second kappa shape index (κ2) is 28.2. The number of hydrogen-bond acceptors (Lipinski definition) is 12. The van der Waals surface area contributed by atoms with Crippen LogP contribution in [0.2, 0.25) is 0 Å². The normalized spacial score (nSPS) is 13.7. The van der Waals surface area contributed by atoms with Gasteiger partial charge in [-0.15, -0.1) is 0 Å². The fourth-order valence-corrected chi connectivity index (χ4v) is 4.02. The van der Waals surface area contributed by atoms with Gasteiger partial charge in [0.1, 0.15) is 0 Å². The first kappa shape index (κ1) is 41.7. The van der Waals surface area contributed by atoms with Crippen molar-refractivity contribution in [2.45, 2.75) is 79.1 Å². The molecule has 0 aromatic heterocycles. The Hall–Kier alpha value is -2.28. The molecule has 0 unspecified atom stereocenters. The minimum absolute atomic E-state index is 0.108. The maximum absolute atomic E-state index is 11.5. The Kier molecular flexibility index (Phi) is 26.7. The number of carbonyl (C=O) groups is 4. The molecule has 1 fully saturated rings. The zero-order chi connectivity index (χ0) is 33.0. The largest absolute Gasteiger partial charge is 0.466 e. The van der Waals surface area contributed by atoms with E-state index in [0.29, 0.717) is 65.2 Å². The second-order valence-electron chi connectivity index (χ2n) is 11.2. The Labute approximate surface area is 266 Å². The van der Waals surface area contributed by atoms with E-state index in [2.05, 4.69) is 19.6 Å². The van der Waals surface area contributed by atoms with E-state index in [0.717, 1.165) is 78.0 Å². The Morgan fingerprint density at radius 1 is 0.477 bits per heavy atom. The van der Waals surface area contributed by atoms with Gasteiger partial charge in [-0.05, 0) is 39.8 Å². The van der Waals surface area contributed by atoms with Gasteiger partial charge in [-0.1, -0.05) is 27.7 Å². The Bertz CT molecular complexity index is 701. The van der Waals surface area contributed by atoms with Crippen molar-refractivity contribution in [2.24, 2.45) is 0 Å². The molecule has 0 amide bonds. The molecule has 0 saturated carbocycles. The lowest BCUT2D eigenvalue weighted by atomic mass is 10.2. The van der Waals surface area contributed by atoms with Crippen LogP contribution in [0.5, 0.6) is 0 Å². The van der Waals surface area contributed by atoms with Gasteiger partial charge in [0.2, 0.25) is 0 Å². The third-order valence-corrected chi connectivity index (χ3v) is 6.86. The maximum atomic E-state index is 11.5. The predicted molar refractivity (Wildman–Crippen MR) is 171 cm³/mol. The topological polar surface area (TPSA) is 118 Å². The number of rotatable bonds is 23. The summed E-state index contributed by atoms with van der Waals surface area (Å²) in [5.74, 6) is -0.493. The fraction of sp³-hybridized carbons (Fsp3) is 0.875. The smallest absolute Gasteiger partial charge is 0.307 e. The van der Waals surface area contributed by atoms with E-state index in [1.807, 2.05) is 41.8 Å². The zero-order valence-corrected chi connectivity index (χ0v) is 28.6. The van der Waals surface area contributed by atoms with Gasteiger partial charge < -0.3 is 38.5 Å². The standard InChI is InChI=1S/C16H30N2O4.C16H32N2O4/c1-3-13-21-15(19)5-7-17-9-11-18(12-10-17)8-6-16(20)22-14-4-2;1-5-13-21-15(19)7-9-17(3)11-12-18(4)10-8-16(20)22-14-6-2/h3-14H2,1-2H3;5-14H2,1-4H3. The van der Waals surface area contributed by atoms with Crippen LogP contribution in [0.3, 0.4) is 0 Å². The zero-order valence-electron chi connectivity index (χ0n) is 28.6. The molecule has 1 rings (SSSR count). The molecule has 12 heteroatoms. The molecular weight excluding hydrogens is 568 g/mol. The van der Waals surface area contributed by atoms with E-state index in [-0.39, 0.29) is 23.9 Å². The highest BCUT2D eigenvalue weighted by Gasteiger charge is 2.18. The summed E-state index contributed by atoms with van der Waals surface area (Å²) < 4.78 is 20.2. The molecule has 0 aliphatic carbocycles. The third-order valence-electron chi connectivity index (χ3n) is 6.86. The summed E-state index contributed by atoms with van der Waals surface area (Å²) in [6, 6.07) is 0. The molecule has 0 aromatic rings. The van der Waals surface area contributed by atoms with Crippen molar-refractivity contribution >= 4 is 23.9 Å². The van der Waals surface area contributed by atoms with Crippen molar-refractivity contribution < 1.29 is 38.1 Å². The molecule has 0 radical (unpaired) electrons. The number of likely N-dealkylation sites (N-methyl/N-ethyl adjacent to an activating group) is 2. The van der Waals surface area contributed by atoms with E-state index in [1.165, 1.54) is 0 Å². The first-order valence-electron chi connectivity index (χ1n) is 16.6. The van der Waals surface area contributed by atoms with Gasteiger partial charge in [-0.25, -0.2) is 0 Å². The van der Waals surface area contributed by atoms with Gasteiger partial charge in [0.25, 0.3) is 0 Å². The lowest BCUT2D eigenvalue weighted by Crippen LogP contribution is -2.47. The number of esters is 4. The molecular formula is C32H62N4O8. The average Bonchev–Trinajstić information content (AvgIpc) is 3.03. The van der Waals surface area contributed by atoms with E-state index in [1.54, 1.807) is 0 Å². The van der Waals surface area contributed by atoms with Crippen LogP contribution in [0.1, 0.15) is 79.1 Å². The first-order valence-corrected chi connectivity index (χ1v) is 16.6. The Morgan fingerprint density at radius 2 is 0.750 bits per heavy atom. The van der Waals surface area contributed by atoms with Crippen LogP contribution in [-0.4, -0.2) is 149 Å². The summed E-state index contributed by atoms with van der Waals surface area (Å²) >= 11 is 0. The molecule has 44 heavy (non-hydrogen) atoms. The first-order chi connectivity index (χ1) is 21.1. The average molecular weight is 631 g/mol. The van der Waals surface area contributed by atoms with Crippen LogP contribution in [0.15, 0.2) is 0 Å². The highest BCUT2D eigenvalue weighted by atomic mass is 16.5. The fourth-order valence-electron chi connectivity index (χ4n) is 4.02. The van der Waals surface area contributed by atoms with Crippen molar-refractivity contribution in [3.05, 3.63) is 0 Å². The van der Waals surface area contributed by atoms with Crippen molar-refractivity contribution in [2.75, 3.05) is 106 Å². The van der Waals surface area contributed by atoms with Crippen LogP contribution in [0.25, 0.3) is 0 Å². The number of piperazine rings is 1. The second-order valence-corrected chi connectivity index (χ2v) is 11.2. The van der Waals surface area contributed by atoms with Gasteiger partial charge in [-0.3, -0.25) is 19.2 Å². The molecule has 0 aromatic carbocycles. The highest BCUT2D eigenvalue weighted by Crippen LogP contribution is 2.05. The predicted octanol–water partition coefficient (Wildman–Crippen LogP) is 2.83. The van der Waals surface area contributed by atoms with Crippen molar-refractivity contribution in [1.29, 1.82) is 0 Å². The summed E-state index contributed by atoms with van der Waals surface area (Å²) in [6.07, 6.45) is 5.20. The van der Waals surface area contributed by atoms with Crippen LogP contribution in [0.4, 0.5) is 0 Å². The lowest BCUT2D eigenvalue weighted by Gasteiger charge is -2.34. The minimum Gasteiger partial charge on any atom is -0.466 e. The number of ether oxygens (including phenoxy) is 4. The molecule has 1 heterocycles. The molecule has 1 aliphatic rings. The molecule has 1 aliphatic heterocycles. The van der Waals surface area contributed by atoms with Gasteiger partial charge in [-0.2, -0.15) is 0 Å². The SMILES string of the molecule is CCCOC(=O)CCN(C)CCN(C)CCC(=O)OCCC.CCCOC(=O)CCN1CCN(CCC(=O)OCCC)CC1. The van der Waals surface area contributed by atoms with Crippen molar-refractivity contribution in [1.82, 2.24) is 19.6 Å². The Balaban J connectivity index is 0.000000840. The van der Waals surface area contributed by atoms with Crippen LogP contribution < -0.4 is 0 Å². The number of hydrogen-bond donors (Lipinski definition) is 0. The summed E-state index contributed by atoms with van der Waals surface area (Å²) in [7, 11) is 3.97. The van der Waals surface area contributed by atoms with E-state index in [9.17, 15) is 19.2 Å². The van der Waals surface area contributed by atoms with Gasteiger partial charge in [0.05, 0.1) is 52.1 Å².